The molecule has 2 aromatic heterocycles. The second-order valence-corrected chi connectivity index (χ2v) is 8.03. The number of hydrogen-bond donors (Lipinski definition) is 1. The number of carboxylic acids is 1. The van der Waals surface area contributed by atoms with Gasteiger partial charge >= 0.3 is 5.97 Å². The minimum Gasteiger partial charge on any atom is -0.494 e. The zero-order valence-corrected chi connectivity index (χ0v) is 16.7. The number of nitrogens with zero attached hydrogens (tertiary/aromatic N) is 3. The molecule has 0 amide bonds. The number of carbonyl (C=O) groups is 1. The van der Waals surface area contributed by atoms with Gasteiger partial charge < -0.3 is 9.84 Å². The van der Waals surface area contributed by atoms with E-state index >= 15 is 0 Å². The van der Waals surface area contributed by atoms with Crippen molar-refractivity contribution in [3.63, 3.8) is 0 Å². The number of aliphatic carboxylic acids is 1. The third-order valence-electron chi connectivity index (χ3n) is 4.85. The molecule has 1 aliphatic rings. The molecule has 0 fully saturated rings. The molecule has 7 nitrogen and oxygen atoms in total. The summed E-state index contributed by atoms with van der Waals surface area (Å²) < 4.78 is 6.86. The molecule has 0 radical (unpaired) electrons. The average molecular weight is 411 g/mol. The molecule has 150 valence electrons. The third-order valence-corrected chi connectivity index (χ3v) is 6.05. The molecule has 0 saturated heterocycles. The quantitative estimate of drug-likeness (QED) is 0.475. The van der Waals surface area contributed by atoms with Gasteiger partial charge in [-0.15, -0.1) is 11.3 Å². The minimum absolute atomic E-state index is 0.0752. The zero-order valence-electron chi connectivity index (χ0n) is 15.8. The molecule has 3 aromatic rings. The second-order valence-electron chi connectivity index (χ2n) is 6.95. The number of rotatable bonds is 7. The topological polar surface area (TPSA) is 93.8 Å². The van der Waals surface area contributed by atoms with Gasteiger partial charge in [0, 0.05) is 11.3 Å². The Morgan fingerprint density at radius 1 is 1.34 bits per heavy atom. The lowest BCUT2D eigenvalue weighted by molar-refractivity contribution is -0.137. The molecule has 8 heteroatoms. The molecule has 0 atom stereocenters. The smallest absolute Gasteiger partial charge is 0.303 e. The molecular formula is C21H21N3O4S. The first-order valence-corrected chi connectivity index (χ1v) is 10.4. The van der Waals surface area contributed by atoms with Crippen LogP contribution in [0, 0.1) is 0 Å². The Morgan fingerprint density at radius 3 is 3.07 bits per heavy atom. The molecule has 1 N–H and O–H groups in total. The van der Waals surface area contributed by atoms with Crippen LogP contribution in [-0.2, 0) is 17.6 Å². The van der Waals surface area contributed by atoms with Crippen LogP contribution in [-0.4, -0.2) is 33.6 Å². The van der Waals surface area contributed by atoms with E-state index in [1.54, 1.807) is 29.7 Å². The Kier molecular flexibility index (Phi) is 5.71. The predicted octanol–water partition coefficient (Wildman–Crippen LogP) is 3.46. The van der Waals surface area contributed by atoms with Gasteiger partial charge in [-0.3, -0.25) is 9.59 Å². The van der Waals surface area contributed by atoms with Gasteiger partial charge in [0.2, 0.25) is 0 Å². The van der Waals surface area contributed by atoms with Crippen LogP contribution in [0.15, 0.2) is 40.5 Å². The van der Waals surface area contributed by atoms with Crippen LogP contribution in [0.2, 0.25) is 0 Å². The molecule has 4 rings (SSSR count). The maximum atomic E-state index is 12.9. The number of hydrogen-bond acceptors (Lipinski definition) is 6. The monoisotopic (exact) mass is 411 g/mol. The van der Waals surface area contributed by atoms with E-state index in [4.69, 9.17) is 9.84 Å². The molecule has 0 bridgehead atoms. The first kappa shape index (κ1) is 19.3. The highest BCUT2D eigenvalue weighted by atomic mass is 32.1. The van der Waals surface area contributed by atoms with Gasteiger partial charge in [0.05, 0.1) is 18.2 Å². The fraction of sp³-hybridized carbons (Fsp3) is 0.333. The van der Waals surface area contributed by atoms with E-state index in [1.807, 2.05) is 12.1 Å². The van der Waals surface area contributed by atoms with E-state index in [2.05, 4.69) is 10.1 Å². The van der Waals surface area contributed by atoms with Crippen molar-refractivity contribution in [1.29, 1.82) is 0 Å². The minimum atomic E-state index is -0.836. The number of fused-ring (bicyclic) bond motifs is 3. The average Bonchev–Trinajstić information content (AvgIpc) is 3.10. The van der Waals surface area contributed by atoms with Gasteiger partial charge in [-0.25, -0.2) is 4.98 Å². The van der Waals surface area contributed by atoms with Crippen molar-refractivity contribution in [3.05, 3.63) is 57.0 Å². The number of aryl methyl sites for hydroxylation is 2. The van der Waals surface area contributed by atoms with Crippen LogP contribution >= 0.6 is 11.3 Å². The number of thiophene rings is 1. The Hall–Kier alpha value is -3.00. The number of ether oxygens (including phenoxy) is 1. The van der Waals surface area contributed by atoms with Crippen LogP contribution < -0.4 is 10.3 Å². The molecule has 0 aliphatic heterocycles. The van der Waals surface area contributed by atoms with Gasteiger partial charge in [0.1, 0.15) is 16.9 Å². The van der Waals surface area contributed by atoms with Crippen LogP contribution in [0.1, 0.15) is 41.7 Å². The maximum Gasteiger partial charge on any atom is 0.303 e. The first-order chi connectivity index (χ1) is 14.1. The molecule has 2 heterocycles. The van der Waals surface area contributed by atoms with Gasteiger partial charge in [-0.1, -0.05) is 12.1 Å². The van der Waals surface area contributed by atoms with Crippen molar-refractivity contribution in [1.82, 2.24) is 9.66 Å². The Labute approximate surface area is 171 Å². The van der Waals surface area contributed by atoms with Crippen molar-refractivity contribution in [2.75, 3.05) is 6.61 Å². The van der Waals surface area contributed by atoms with Gasteiger partial charge in [-0.2, -0.15) is 9.78 Å². The normalized spacial score (nSPS) is 13.7. The van der Waals surface area contributed by atoms with Crippen molar-refractivity contribution < 1.29 is 14.6 Å². The van der Waals surface area contributed by atoms with E-state index in [9.17, 15) is 9.59 Å². The van der Waals surface area contributed by atoms with Crippen LogP contribution in [0.25, 0.3) is 10.2 Å². The summed E-state index contributed by atoms with van der Waals surface area (Å²) in [7, 11) is 0. The summed E-state index contributed by atoms with van der Waals surface area (Å²) in [6.07, 6.45) is 7.81. The molecule has 1 aliphatic carbocycles. The van der Waals surface area contributed by atoms with Crippen LogP contribution in [0.5, 0.6) is 5.75 Å². The number of aromatic nitrogens is 2. The molecule has 29 heavy (non-hydrogen) atoms. The predicted molar refractivity (Wildman–Crippen MR) is 112 cm³/mol. The van der Waals surface area contributed by atoms with E-state index in [1.165, 1.54) is 22.3 Å². The highest BCUT2D eigenvalue weighted by Gasteiger charge is 2.19. The summed E-state index contributed by atoms with van der Waals surface area (Å²) in [4.78, 5) is 30.0. The summed E-state index contributed by atoms with van der Waals surface area (Å²) in [6.45, 7) is 0.330. The van der Waals surface area contributed by atoms with Gasteiger partial charge in [-0.05, 0) is 55.4 Å². The first-order valence-electron chi connectivity index (χ1n) is 9.63. The summed E-state index contributed by atoms with van der Waals surface area (Å²) in [5.74, 6) is -0.204. The largest absolute Gasteiger partial charge is 0.494 e. The molecule has 0 unspecified atom stereocenters. The zero-order chi connectivity index (χ0) is 20.2. The van der Waals surface area contributed by atoms with Crippen molar-refractivity contribution in [2.24, 2.45) is 5.10 Å². The summed E-state index contributed by atoms with van der Waals surface area (Å²) >= 11 is 1.62. The Morgan fingerprint density at radius 2 is 2.21 bits per heavy atom. The lowest BCUT2D eigenvalue weighted by Gasteiger charge is -2.09. The Balaban J connectivity index is 1.52. The van der Waals surface area contributed by atoms with E-state index in [-0.39, 0.29) is 12.0 Å². The fourth-order valence-electron chi connectivity index (χ4n) is 3.45. The van der Waals surface area contributed by atoms with E-state index in [0.717, 1.165) is 35.2 Å². The molecule has 1 aromatic carbocycles. The summed E-state index contributed by atoms with van der Waals surface area (Å²) in [5.41, 5.74) is 1.79. The van der Waals surface area contributed by atoms with E-state index < -0.39 is 5.97 Å². The number of benzene rings is 1. The maximum absolute atomic E-state index is 12.9. The summed E-state index contributed by atoms with van der Waals surface area (Å²) in [6, 6.07) is 7.29. The lowest BCUT2D eigenvalue weighted by atomic mass is 9.97. The standard InChI is InChI=1S/C21H21N3O4S/c25-18(26)9-4-10-28-15-6-3-5-14(11-15)12-23-24-13-22-20-19(21(24)27)16-7-1-2-8-17(16)29-20/h3,5-6,11-13H,1-2,4,7-10H2,(H,25,26)/b23-12+. The van der Waals surface area contributed by atoms with Crippen molar-refractivity contribution >= 4 is 33.7 Å². The van der Waals surface area contributed by atoms with Gasteiger partial charge in [0.25, 0.3) is 5.56 Å². The van der Waals surface area contributed by atoms with Crippen molar-refractivity contribution in [2.45, 2.75) is 38.5 Å². The van der Waals surface area contributed by atoms with Crippen LogP contribution in [0.4, 0.5) is 0 Å². The summed E-state index contributed by atoms with van der Waals surface area (Å²) in [5, 5.41) is 13.7. The second kappa shape index (κ2) is 8.57. The highest BCUT2D eigenvalue weighted by molar-refractivity contribution is 7.18. The molecule has 0 saturated carbocycles. The number of carboxylic acid groups (broad SMARTS) is 1. The lowest BCUT2D eigenvalue weighted by Crippen LogP contribution is -2.18. The molecular weight excluding hydrogens is 390 g/mol. The van der Waals surface area contributed by atoms with Crippen LogP contribution in [0.3, 0.4) is 0 Å². The van der Waals surface area contributed by atoms with E-state index in [0.29, 0.717) is 24.2 Å². The third kappa shape index (κ3) is 4.37. The molecule has 0 spiro atoms. The fourth-order valence-corrected chi connectivity index (χ4v) is 4.67. The van der Waals surface area contributed by atoms with Crippen molar-refractivity contribution in [3.8, 4) is 5.75 Å². The Bertz CT molecular complexity index is 1130. The SMILES string of the molecule is O=C(O)CCCOc1cccc(/C=N/n2cnc3sc4c(c3c2=O)CCCC4)c1. The van der Waals surface area contributed by atoms with Gasteiger partial charge in [0.15, 0.2) is 0 Å². The highest BCUT2D eigenvalue weighted by Crippen LogP contribution is 2.33.